The Bertz CT molecular complexity index is 138. The first kappa shape index (κ1) is 11.3. The summed E-state index contributed by atoms with van der Waals surface area (Å²) in [6.07, 6.45) is 0. The van der Waals surface area contributed by atoms with Gasteiger partial charge in [-0.2, -0.15) is 0 Å². The molecule has 0 N–H and O–H groups in total. The lowest BCUT2D eigenvalue weighted by Gasteiger charge is -2.35. The van der Waals surface area contributed by atoms with E-state index in [1.54, 1.807) is 0 Å². The molecule has 0 spiro atoms. The first-order valence-electron chi connectivity index (χ1n) is 4.60. The van der Waals surface area contributed by atoms with Gasteiger partial charge < -0.3 is 0 Å². The highest BCUT2D eigenvalue weighted by atomic mass is 32.2. The van der Waals surface area contributed by atoms with E-state index in [9.17, 15) is 0 Å². The van der Waals surface area contributed by atoms with Crippen LogP contribution in [0.3, 0.4) is 0 Å². The van der Waals surface area contributed by atoms with Gasteiger partial charge in [-0.3, -0.25) is 4.90 Å². The maximum atomic E-state index is 4.79. The quantitative estimate of drug-likeness (QED) is 0.297. The smallest absolute Gasteiger partial charge is 0.121 e. The normalized spacial score (nSPS) is 21.2. The van der Waals surface area contributed by atoms with Gasteiger partial charge in [0.15, 0.2) is 0 Å². The van der Waals surface area contributed by atoms with Gasteiger partial charge in [0.25, 0.3) is 0 Å². The molecular weight excluding hydrogens is 188 g/mol. The lowest BCUT2D eigenvalue weighted by Crippen LogP contribution is -2.46. The van der Waals surface area contributed by atoms with Crippen LogP contribution in [0.15, 0.2) is 0 Å². The zero-order valence-corrected chi connectivity index (χ0v) is 9.34. The first-order valence-corrected chi connectivity index (χ1v) is 5.30. The van der Waals surface area contributed by atoms with Crippen LogP contribution in [0.5, 0.6) is 0 Å². The van der Waals surface area contributed by atoms with Crippen LogP contribution in [0.4, 0.5) is 0 Å². The van der Waals surface area contributed by atoms with Crippen LogP contribution in [0.2, 0.25) is 0 Å². The minimum Gasteiger partial charge on any atom is -0.298 e. The number of nitrogens with zero attached hydrogens (tertiary/aromatic N) is 2. The summed E-state index contributed by atoms with van der Waals surface area (Å²) in [6.45, 7) is 8.75. The number of rotatable bonds is 4. The molecule has 1 aliphatic rings. The summed E-state index contributed by atoms with van der Waals surface area (Å²) >= 11 is 1.30. The van der Waals surface area contributed by atoms with E-state index >= 15 is 0 Å². The van der Waals surface area contributed by atoms with Crippen LogP contribution in [-0.4, -0.2) is 48.5 Å². The summed E-state index contributed by atoms with van der Waals surface area (Å²) < 4.78 is 6.96. The number of hydrogen-bond acceptors (Lipinski definition) is 5. The highest BCUT2D eigenvalue weighted by Gasteiger charge is 2.19. The minimum atomic E-state index is 0.649. The average molecular weight is 206 g/mol. The Labute approximate surface area is 84.4 Å². The van der Waals surface area contributed by atoms with Crippen molar-refractivity contribution >= 4 is 12.2 Å². The lowest BCUT2D eigenvalue weighted by atomic mass is 10.3. The lowest BCUT2D eigenvalue weighted by molar-refractivity contribution is -0.164. The molecular formula is C8H18N2O2S. The van der Waals surface area contributed by atoms with Crippen LogP contribution in [-0.2, 0) is 9.22 Å². The van der Waals surface area contributed by atoms with Crippen molar-refractivity contribution in [2.75, 3.05) is 33.3 Å². The van der Waals surface area contributed by atoms with Gasteiger partial charge in [-0.05, 0) is 13.8 Å². The molecule has 0 aromatic carbocycles. The van der Waals surface area contributed by atoms with E-state index in [-0.39, 0.29) is 0 Å². The molecule has 0 aliphatic carbocycles. The van der Waals surface area contributed by atoms with Gasteiger partial charge in [-0.25, -0.2) is 9.19 Å². The summed E-state index contributed by atoms with van der Waals surface area (Å²) in [4.78, 5) is 6.99. The third kappa shape index (κ3) is 3.83. The van der Waals surface area contributed by atoms with Crippen molar-refractivity contribution in [3.63, 3.8) is 0 Å². The van der Waals surface area contributed by atoms with E-state index in [1.807, 2.05) is 0 Å². The fourth-order valence-electron chi connectivity index (χ4n) is 1.37. The Balaban J connectivity index is 2.15. The van der Waals surface area contributed by atoms with Crippen LogP contribution in [0, 0.1) is 0 Å². The fraction of sp³-hybridized carbons (Fsp3) is 1.00. The molecule has 0 amide bonds. The van der Waals surface area contributed by atoms with Gasteiger partial charge in [0.1, 0.15) is 12.2 Å². The van der Waals surface area contributed by atoms with Crippen molar-refractivity contribution in [2.45, 2.75) is 19.9 Å². The minimum absolute atomic E-state index is 0.649. The first-order chi connectivity index (χ1) is 6.24. The van der Waals surface area contributed by atoms with E-state index in [4.69, 9.17) is 4.33 Å². The van der Waals surface area contributed by atoms with Crippen LogP contribution < -0.4 is 0 Å². The van der Waals surface area contributed by atoms with Gasteiger partial charge in [0.05, 0.1) is 7.11 Å². The van der Waals surface area contributed by atoms with Gasteiger partial charge in [0, 0.05) is 32.2 Å². The molecule has 78 valence electrons. The monoisotopic (exact) mass is 206 g/mol. The molecule has 0 unspecified atom stereocenters. The molecule has 1 aliphatic heterocycles. The van der Waals surface area contributed by atoms with E-state index in [2.05, 4.69) is 27.9 Å². The van der Waals surface area contributed by atoms with Crippen molar-refractivity contribution in [1.29, 1.82) is 0 Å². The van der Waals surface area contributed by atoms with Crippen molar-refractivity contribution in [3.05, 3.63) is 0 Å². The Hall–Kier alpha value is 0.190. The molecule has 5 heteroatoms. The predicted molar refractivity (Wildman–Crippen MR) is 54.0 cm³/mol. The fourth-order valence-corrected chi connectivity index (χ4v) is 1.83. The van der Waals surface area contributed by atoms with Crippen molar-refractivity contribution in [1.82, 2.24) is 9.21 Å². The highest BCUT2D eigenvalue weighted by Crippen LogP contribution is 2.15. The summed E-state index contributed by atoms with van der Waals surface area (Å²) in [6, 6.07) is 0.649. The molecule has 0 atom stereocenters. The Morgan fingerprint density at radius 3 is 2.23 bits per heavy atom. The van der Waals surface area contributed by atoms with Crippen molar-refractivity contribution in [2.24, 2.45) is 0 Å². The molecule has 0 saturated carbocycles. The summed E-state index contributed by atoms with van der Waals surface area (Å²) in [5, 5.41) is 0. The van der Waals surface area contributed by atoms with Gasteiger partial charge in [-0.15, -0.1) is 4.33 Å². The van der Waals surface area contributed by atoms with E-state index in [1.165, 1.54) is 19.3 Å². The second-order valence-corrected chi connectivity index (χ2v) is 4.17. The molecule has 1 heterocycles. The summed E-state index contributed by atoms with van der Waals surface area (Å²) in [5.74, 6) is 0. The average Bonchev–Trinajstić information content (AvgIpc) is 2.15. The second-order valence-electron chi connectivity index (χ2n) is 3.37. The molecule has 4 nitrogen and oxygen atoms in total. The zero-order chi connectivity index (χ0) is 9.68. The summed E-state index contributed by atoms with van der Waals surface area (Å²) in [7, 11) is 1.53. The van der Waals surface area contributed by atoms with Crippen molar-refractivity contribution in [3.8, 4) is 0 Å². The van der Waals surface area contributed by atoms with E-state index in [0.717, 1.165) is 26.2 Å². The van der Waals surface area contributed by atoms with Gasteiger partial charge in [0.2, 0.25) is 0 Å². The SMILES string of the molecule is COOSN1CCN(C(C)C)CC1. The third-order valence-electron chi connectivity index (χ3n) is 2.21. The Morgan fingerprint density at radius 2 is 1.77 bits per heavy atom. The standard InChI is InChI=1S/C8H18N2O2S/c1-8(2)9-4-6-10(7-5-9)13-12-11-3/h8H,4-7H2,1-3H3. The van der Waals surface area contributed by atoms with Gasteiger partial charge in [-0.1, -0.05) is 0 Å². The van der Waals surface area contributed by atoms with Crippen LogP contribution in [0.1, 0.15) is 13.8 Å². The van der Waals surface area contributed by atoms with Crippen LogP contribution >= 0.6 is 12.2 Å². The molecule has 0 radical (unpaired) electrons. The molecule has 1 rings (SSSR count). The Morgan fingerprint density at radius 1 is 1.15 bits per heavy atom. The maximum absolute atomic E-state index is 4.79. The number of hydrogen-bond donors (Lipinski definition) is 0. The second kappa shape index (κ2) is 5.82. The molecule has 0 bridgehead atoms. The third-order valence-corrected chi connectivity index (χ3v) is 2.98. The van der Waals surface area contributed by atoms with Crippen LogP contribution in [0.25, 0.3) is 0 Å². The molecule has 1 fully saturated rings. The summed E-state index contributed by atoms with van der Waals surface area (Å²) in [5.41, 5.74) is 0. The highest BCUT2D eigenvalue weighted by molar-refractivity contribution is 7.92. The van der Waals surface area contributed by atoms with Crippen molar-refractivity contribution < 1.29 is 9.22 Å². The largest absolute Gasteiger partial charge is 0.298 e. The van der Waals surface area contributed by atoms with E-state index in [0.29, 0.717) is 6.04 Å². The van der Waals surface area contributed by atoms with Gasteiger partial charge >= 0.3 is 0 Å². The molecule has 0 aromatic heterocycles. The van der Waals surface area contributed by atoms with E-state index < -0.39 is 0 Å². The predicted octanol–water partition coefficient (Wildman–Crippen LogP) is 1.15. The molecule has 13 heavy (non-hydrogen) atoms. The Kier molecular flexibility index (Phi) is 5.05. The topological polar surface area (TPSA) is 24.9 Å². The zero-order valence-electron chi connectivity index (χ0n) is 8.52. The number of piperazine rings is 1. The maximum Gasteiger partial charge on any atom is 0.121 e. The molecule has 0 aromatic rings. The molecule has 1 saturated heterocycles.